The fourth-order valence-corrected chi connectivity index (χ4v) is 3.09. The van der Waals surface area contributed by atoms with Gasteiger partial charge in [0.25, 0.3) is 0 Å². The monoisotopic (exact) mass is 327 g/mol. The van der Waals surface area contributed by atoms with Crippen LogP contribution in [0.1, 0.15) is 11.1 Å². The first-order chi connectivity index (χ1) is 10.7. The van der Waals surface area contributed by atoms with Crippen molar-refractivity contribution in [3.05, 3.63) is 59.7 Å². The molecule has 0 aromatic heterocycles. The van der Waals surface area contributed by atoms with Gasteiger partial charge < -0.3 is 0 Å². The van der Waals surface area contributed by atoms with E-state index in [0.717, 1.165) is 16.3 Å². The Hall–Kier alpha value is -1.90. The van der Waals surface area contributed by atoms with Crippen LogP contribution < -0.4 is 5.32 Å². The largest absolute Gasteiger partial charge is 0.271 e. The number of nitrogens with zero attached hydrogens (tertiary/aromatic N) is 2. The highest BCUT2D eigenvalue weighted by Gasteiger charge is 2.04. The number of rotatable bonds is 4. The van der Waals surface area contributed by atoms with Crippen LogP contribution in [0.5, 0.6) is 0 Å². The lowest BCUT2D eigenvalue weighted by Crippen LogP contribution is -2.12. The van der Waals surface area contributed by atoms with Crippen molar-refractivity contribution in [3.63, 3.8) is 0 Å². The fourth-order valence-electron chi connectivity index (χ4n) is 1.80. The van der Waals surface area contributed by atoms with Crippen molar-refractivity contribution in [3.8, 4) is 6.19 Å². The van der Waals surface area contributed by atoms with Crippen molar-refractivity contribution in [2.24, 2.45) is 4.99 Å². The van der Waals surface area contributed by atoms with E-state index in [2.05, 4.69) is 47.6 Å². The van der Waals surface area contributed by atoms with E-state index in [0.29, 0.717) is 5.17 Å². The zero-order chi connectivity index (χ0) is 15.8. The summed E-state index contributed by atoms with van der Waals surface area (Å²) in [5.74, 6) is 0.896. The summed E-state index contributed by atoms with van der Waals surface area (Å²) in [5, 5.41) is 11.9. The molecule has 0 saturated heterocycles. The predicted octanol–water partition coefficient (Wildman–Crippen LogP) is 4.71. The molecule has 3 nitrogen and oxygen atoms in total. The van der Waals surface area contributed by atoms with E-state index < -0.39 is 0 Å². The van der Waals surface area contributed by atoms with Crippen molar-refractivity contribution in [2.45, 2.75) is 17.6 Å². The van der Waals surface area contributed by atoms with Gasteiger partial charge in [0.2, 0.25) is 0 Å². The molecule has 2 aromatic carbocycles. The van der Waals surface area contributed by atoms with Gasteiger partial charge in [-0.25, -0.2) is 4.99 Å². The van der Waals surface area contributed by atoms with Crippen LogP contribution >= 0.6 is 23.5 Å². The van der Waals surface area contributed by atoms with E-state index >= 15 is 0 Å². The summed E-state index contributed by atoms with van der Waals surface area (Å²) in [6.45, 7) is 2.09. The summed E-state index contributed by atoms with van der Waals surface area (Å²) < 4.78 is 0. The SMILES string of the molecule is CSC(=Nc1ccccc1SCc1ccc(C)cc1)NC#N. The van der Waals surface area contributed by atoms with Gasteiger partial charge >= 0.3 is 0 Å². The molecule has 0 amide bonds. The molecule has 0 aliphatic carbocycles. The van der Waals surface area contributed by atoms with E-state index in [1.165, 1.54) is 22.9 Å². The lowest BCUT2D eigenvalue weighted by atomic mass is 10.2. The molecule has 0 aliphatic rings. The average Bonchev–Trinajstić information content (AvgIpc) is 2.55. The number of hydrogen-bond acceptors (Lipinski definition) is 4. The van der Waals surface area contributed by atoms with Gasteiger partial charge in [0.05, 0.1) is 5.69 Å². The van der Waals surface area contributed by atoms with Crippen LogP contribution in [0.3, 0.4) is 0 Å². The molecule has 0 aliphatic heterocycles. The molecule has 0 heterocycles. The third-order valence-electron chi connectivity index (χ3n) is 2.96. The van der Waals surface area contributed by atoms with E-state index in [9.17, 15) is 0 Å². The van der Waals surface area contributed by atoms with Crippen molar-refractivity contribution >= 4 is 34.4 Å². The maximum Gasteiger partial charge on any atom is 0.183 e. The maximum atomic E-state index is 8.73. The zero-order valence-corrected chi connectivity index (χ0v) is 14.2. The number of benzene rings is 2. The van der Waals surface area contributed by atoms with Gasteiger partial charge in [-0.05, 0) is 30.9 Å². The third-order valence-corrected chi connectivity index (χ3v) is 4.67. The second-order valence-corrected chi connectivity index (χ2v) is 6.41. The summed E-state index contributed by atoms with van der Waals surface area (Å²) >= 11 is 3.17. The van der Waals surface area contributed by atoms with Gasteiger partial charge in [0.15, 0.2) is 11.4 Å². The summed E-state index contributed by atoms with van der Waals surface area (Å²) in [5.41, 5.74) is 3.44. The normalized spacial score (nSPS) is 11.0. The summed E-state index contributed by atoms with van der Waals surface area (Å²) in [6, 6.07) is 16.5. The molecule has 0 unspecified atom stereocenters. The third kappa shape index (κ3) is 4.83. The highest BCUT2D eigenvalue weighted by molar-refractivity contribution is 8.13. The first-order valence-corrected chi connectivity index (χ1v) is 8.99. The molecular formula is C17H17N3S2. The minimum atomic E-state index is 0.603. The van der Waals surface area contributed by atoms with Crippen molar-refractivity contribution in [2.75, 3.05) is 6.26 Å². The minimum Gasteiger partial charge on any atom is -0.271 e. The lowest BCUT2D eigenvalue weighted by molar-refractivity contribution is 1.26. The zero-order valence-electron chi connectivity index (χ0n) is 12.5. The molecule has 2 rings (SSSR count). The van der Waals surface area contributed by atoms with Crippen LogP contribution in [0.2, 0.25) is 0 Å². The fraction of sp³-hybridized carbons (Fsp3) is 0.176. The summed E-state index contributed by atoms with van der Waals surface area (Å²) in [6.07, 6.45) is 3.81. The minimum absolute atomic E-state index is 0.603. The van der Waals surface area contributed by atoms with E-state index in [-0.39, 0.29) is 0 Å². The highest BCUT2D eigenvalue weighted by atomic mass is 32.2. The Labute approximate surface area is 139 Å². The lowest BCUT2D eigenvalue weighted by Gasteiger charge is -2.07. The first-order valence-electron chi connectivity index (χ1n) is 6.78. The topological polar surface area (TPSA) is 48.2 Å². The molecule has 112 valence electrons. The first kappa shape index (κ1) is 16.5. The Kier molecular flexibility index (Phi) is 6.38. The Balaban J connectivity index is 2.14. The number of thioether (sulfide) groups is 2. The Morgan fingerprint density at radius 2 is 1.91 bits per heavy atom. The highest BCUT2D eigenvalue weighted by Crippen LogP contribution is 2.32. The van der Waals surface area contributed by atoms with E-state index in [4.69, 9.17) is 5.26 Å². The Bertz CT molecular complexity index is 688. The van der Waals surface area contributed by atoms with Crippen LogP contribution in [-0.4, -0.2) is 11.4 Å². The molecule has 0 saturated carbocycles. The number of nitrogens with one attached hydrogen (secondary N) is 1. The van der Waals surface area contributed by atoms with Crippen molar-refractivity contribution in [1.29, 1.82) is 5.26 Å². The molecule has 0 fully saturated rings. The van der Waals surface area contributed by atoms with Crippen LogP contribution in [0.25, 0.3) is 0 Å². The molecule has 2 aromatic rings. The van der Waals surface area contributed by atoms with E-state index in [1.807, 2.05) is 30.6 Å². The standard InChI is InChI=1S/C17H17N3S2/c1-13-7-9-14(10-8-13)11-22-16-6-4-3-5-15(16)20-17(21-2)19-12-18/h3-10H,11H2,1-2H3,(H,19,20). The number of amidine groups is 1. The quantitative estimate of drug-likeness (QED) is 0.290. The number of para-hydroxylation sites is 1. The second kappa shape index (κ2) is 8.52. The van der Waals surface area contributed by atoms with Gasteiger partial charge in [-0.1, -0.05) is 53.7 Å². The van der Waals surface area contributed by atoms with Gasteiger partial charge in [0, 0.05) is 10.6 Å². The molecule has 0 radical (unpaired) electrons. The molecule has 5 heteroatoms. The molecule has 0 spiro atoms. The number of nitriles is 1. The predicted molar refractivity (Wildman–Crippen MR) is 96.5 cm³/mol. The summed E-state index contributed by atoms with van der Waals surface area (Å²) in [4.78, 5) is 5.62. The van der Waals surface area contributed by atoms with Gasteiger partial charge in [-0.2, -0.15) is 5.26 Å². The van der Waals surface area contributed by atoms with Gasteiger partial charge in [-0.15, -0.1) is 11.8 Å². The van der Waals surface area contributed by atoms with Crippen molar-refractivity contribution in [1.82, 2.24) is 5.32 Å². The summed E-state index contributed by atoms with van der Waals surface area (Å²) in [7, 11) is 0. The van der Waals surface area contributed by atoms with Crippen LogP contribution in [0.15, 0.2) is 58.4 Å². The van der Waals surface area contributed by atoms with Crippen molar-refractivity contribution < 1.29 is 0 Å². The molecule has 22 heavy (non-hydrogen) atoms. The van der Waals surface area contributed by atoms with Gasteiger partial charge in [-0.3, -0.25) is 5.32 Å². The molecule has 0 bridgehead atoms. The molecule has 0 atom stereocenters. The maximum absolute atomic E-state index is 8.73. The molecular weight excluding hydrogens is 310 g/mol. The number of aryl methyl sites for hydroxylation is 1. The van der Waals surface area contributed by atoms with E-state index in [1.54, 1.807) is 11.8 Å². The van der Waals surface area contributed by atoms with Crippen LogP contribution in [-0.2, 0) is 5.75 Å². The van der Waals surface area contributed by atoms with Crippen LogP contribution in [0.4, 0.5) is 5.69 Å². The number of aliphatic imine (C=N–C) groups is 1. The number of hydrogen-bond donors (Lipinski definition) is 1. The second-order valence-electron chi connectivity index (χ2n) is 4.60. The van der Waals surface area contributed by atoms with Gasteiger partial charge in [0.1, 0.15) is 0 Å². The Morgan fingerprint density at radius 1 is 1.18 bits per heavy atom. The smallest absolute Gasteiger partial charge is 0.183 e. The average molecular weight is 327 g/mol. The molecule has 1 N–H and O–H groups in total. The van der Waals surface area contributed by atoms with Crippen LogP contribution in [0, 0.1) is 18.4 Å². The Morgan fingerprint density at radius 3 is 2.59 bits per heavy atom.